The second-order valence-corrected chi connectivity index (χ2v) is 6.89. The molecule has 0 spiro atoms. The highest BCUT2D eigenvalue weighted by atomic mass is 127. The zero-order valence-corrected chi connectivity index (χ0v) is 17.5. The lowest BCUT2D eigenvalue weighted by Gasteiger charge is -2.37. The van der Waals surface area contributed by atoms with Crippen molar-refractivity contribution in [2.75, 3.05) is 46.4 Å². The number of carbonyl (C=O) groups excluding carboxylic acids is 1. The molecule has 2 fully saturated rings. The van der Waals surface area contributed by atoms with E-state index in [9.17, 15) is 4.79 Å². The molecule has 1 aliphatic carbocycles. The minimum absolute atomic E-state index is 0. The van der Waals surface area contributed by atoms with Gasteiger partial charge in [0.1, 0.15) is 6.10 Å². The number of amides is 1. The van der Waals surface area contributed by atoms with Crippen molar-refractivity contribution in [3.05, 3.63) is 12.2 Å². The fourth-order valence-corrected chi connectivity index (χ4v) is 3.72. The molecule has 7 heteroatoms. The molecule has 6 nitrogen and oxygen atoms in total. The second-order valence-electron chi connectivity index (χ2n) is 6.89. The molecule has 142 valence electrons. The van der Waals surface area contributed by atoms with E-state index in [1.54, 1.807) is 0 Å². The monoisotopic (exact) mass is 462 g/mol. The predicted molar refractivity (Wildman–Crippen MR) is 110 cm³/mol. The van der Waals surface area contributed by atoms with Crippen LogP contribution < -0.4 is 5.32 Å². The minimum atomic E-state index is -0.201. The van der Waals surface area contributed by atoms with Crippen LogP contribution in [0, 0.1) is 5.92 Å². The fourth-order valence-electron chi connectivity index (χ4n) is 3.72. The molecule has 3 aliphatic rings. The highest BCUT2D eigenvalue weighted by Crippen LogP contribution is 2.18. The smallest absolute Gasteiger partial charge is 0.251 e. The number of halogens is 1. The van der Waals surface area contributed by atoms with Gasteiger partial charge in [0.15, 0.2) is 5.96 Å². The Morgan fingerprint density at radius 3 is 2.56 bits per heavy atom. The van der Waals surface area contributed by atoms with Gasteiger partial charge in [0.2, 0.25) is 0 Å². The average molecular weight is 462 g/mol. The van der Waals surface area contributed by atoms with E-state index >= 15 is 0 Å². The Kier molecular flexibility index (Phi) is 8.48. The van der Waals surface area contributed by atoms with E-state index in [2.05, 4.69) is 27.4 Å². The van der Waals surface area contributed by atoms with Crippen molar-refractivity contribution in [1.29, 1.82) is 0 Å². The Morgan fingerprint density at radius 2 is 1.96 bits per heavy atom. The first-order valence-electron chi connectivity index (χ1n) is 9.29. The third-order valence-corrected chi connectivity index (χ3v) is 5.23. The van der Waals surface area contributed by atoms with E-state index < -0.39 is 0 Å². The number of hydrogen-bond donors (Lipinski definition) is 1. The number of hydrogen-bond acceptors (Lipinski definition) is 3. The number of nitrogens with zero attached hydrogens (tertiary/aromatic N) is 3. The van der Waals surface area contributed by atoms with Crippen LogP contribution in [0.25, 0.3) is 0 Å². The van der Waals surface area contributed by atoms with E-state index in [-0.39, 0.29) is 36.0 Å². The quantitative estimate of drug-likeness (QED) is 0.301. The van der Waals surface area contributed by atoms with Crippen LogP contribution in [0.3, 0.4) is 0 Å². The topological polar surface area (TPSA) is 57.2 Å². The van der Waals surface area contributed by atoms with Gasteiger partial charge in [-0.25, -0.2) is 0 Å². The highest BCUT2D eigenvalue weighted by Gasteiger charge is 2.30. The van der Waals surface area contributed by atoms with Gasteiger partial charge in [-0.3, -0.25) is 9.79 Å². The van der Waals surface area contributed by atoms with Gasteiger partial charge in [-0.05, 0) is 38.0 Å². The van der Waals surface area contributed by atoms with E-state index in [4.69, 9.17) is 4.74 Å². The molecule has 25 heavy (non-hydrogen) atoms. The molecule has 2 saturated heterocycles. The van der Waals surface area contributed by atoms with Crippen LogP contribution in [0.1, 0.15) is 32.1 Å². The number of carbonyl (C=O) groups is 1. The molecule has 0 saturated carbocycles. The number of guanidine groups is 1. The normalized spacial score (nSPS) is 27.2. The third kappa shape index (κ3) is 5.57. The summed E-state index contributed by atoms with van der Waals surface area (Å²) in [5, 5.41) is 3.52. The summed E-state index contributed by atoms with van der Waals surface area (Å²) in [7, 11) is 1.84. The first-order valence-corrected chi connectivity index (χ1v) is 9.29. The summed E-state index contributed by atoms with van der Waals surface area (Å²) in [6, 6.07) is 0. The van der Waals surface area contributed by atoms with Crippen LogP contribution in [0.2, 0.25) is 0 Å². The summed E-state index contributed by atoms with van der Waals surface area (Å²) in [5.74, 6) is 1.84. The molecular formula is C18H31IN4O2. The Labute approximate surface area is 168 Å². The van der Waals surface area contributed by atoms with Crippen LogP contribution in [-0.2, 0) is 9.53 Å². The average Bonchev–Trinajstić information content (AvgIpc) is 3.18. The largest absolute Gasteiger partial charge is 0.368 e. The Morgan fingerprint density at radius 1 is 1.20 bits per heavy atom. The van der Waals surface area contributed by atoms with Gasteiger partial charge in [-0.2, -0.15) is 0 Å². The summed E-state index contributed by atoms with van der Waals surface area (Å²) >= 11 is 0. The molecule has 0 aromatic rings. The van der Waals surface area contributed by atoms with Gasteiger partial charge < -0.3 is 19.9 Å². The van der Waals surface area contributed by atoms with Gasteiger partial charge in [-0.1, -0.05) is 12.2 Å². The third-order valence-electron chi connectivity index (χ3n) is 5.23. The summed E-state index contributed by atoms with van der Waals surface area (Å²) in [5.41, 5.74) is 0. The first-order chi connectivity index (χ1) is 11.8. The maximum atomic E-state index is 12.4. The standard InChI is InChI=1S/C18H30N4O2.HI/c1-19-18(20-14-15-6-3-2-4-7-15)22-11-9-21(10-12-22)17(23)16-8-5-13-24-16;/h2-3,15-16H,4-14H2,1H3,(H,19,20);1H. The van der Waals surface area contributed by atoms with Gasteiger partial charge in [0.05, 0.1) is 0 Å². The Hall–Kier alpha value is -0.830. The fraction of sp³-hybridized carbons (Fsp3) is 0.778. The van der Waals surface area contributed by atoms with E-state index in [1.807, 2.05) is 11.9 Å². The summed E-state index contributed by atoms with van der Waals surface area (Å²) in [6.07, 6.45) is 9.84. The second kappa shape index (κ2) is 10.4. The molecule has 1 amide bonds. The lowest BCUT2D eigenvalue weighted by molar-refractivity contribution is -0.142. The van der Waals surface area contributed by atoms with Gasteiger partial charge in [0, 0.05) is 46.4 Å². The van der Waals surface area contributed by atoms with Gasteiger partial charge in [0.25, 0.3) is 5.91 Å². The van der Waals surface area contributed by atoms with Crippen LogP contribution in [-0.4, -0.2) is 74.1 Å². The number of piperazine rings is 1. The summed E-state index contributed by atoms with van der Waals surface area (Å²) < 4.78 is 5.52. The zero-order chi connectivity index (χ0) is 16.8. The van der Waals surface area contributed by atoms with Gasteiger partial charge in [-0.15, -0.1) is 24.0 Å². The van der Waals surface area contributed by atoms with E-state index in [0.717, 1.165) is 64.6 Å². The molecular weight excluding hydrogens is 431 g/mol. The maximum Gasteiger partial charge on any atom is 0.251 e. The molecule has 2 heterocycles. The first kappa shape index (κ1) is 20.5. The van der Waals surface area contributed by atoms with Crippen molar-refractivity contribution in [3.8, 4) is 0 Å². The lowest BCUT2D eigenvalue weighted by atomic mass is 9.94. The predicted octanol–water partition coefficient (Wildman–Crippen LogP) is 1.86. The van der Waals surface area contributed by atoms with E-state index in [1.165, 1.54) is 12.8 Å². The van der Waals surface area contributed by atoms with Crippen LogP contribution in [0.5, 0.6) is 0 Å². The molecule has 0 radical (unpaired) electrons. The molecule has 3 rings (SSSR count). The number of rotatable bonds is 3. The van der Waals surface area contributed by atoms with Gasteiger partial charge >= 0.3 is 0 Å². The summed E-state index contributed by atoms with van der Waals surface area (Å²) in [6.45, 7) is 4.89. The summed E-state index contributed by atoms with van der Waals surface area (Å²) in [4.78, 5) is 21.0. The number of nitrogens with one attached hydrogen (secondary N) is 1. The van der Waals surface area contributed by atoms with Crippen LogP contribution in [0.4, 0.5) is 0 Å². The number of ether oxygens (including phenoxy) is 1. The number of aliphatic imine (C=N–C) groups is 1. The molecule has 2 atom stereocenters. The van der Waals surface area contributed by atoms with E-state index in [0.29, 0.717) is 5.92 Å². The lowest BCUT2D eigenvalue weighted by Crippen LogP contribution is -2.55. The highest BCUT2D eigenvalue weighted by molar-refractivity contribution is 14.0. The maximum absolute atomic E-state index is 12.4. The molecule has 2 unspecified atom stereocenters. The Bertz CT molecular complexity index is 483. The zero-order valence-electron chi connectivity index (χ0n) is 15.2. The molecule has 0 aromatic carbocycles. The molecule has 0 bridgehead atoms. The minimum Gasteiger partial charge on any atom is -0.368 e. The van der Waals surface area contributed by atoms with Crippen molar-refractivity contribution in [2.45, 2.75) is 38.2 Å². The van der Waals surface area contributed by atoms with Crippen molar-refractivity contribution in [2.24, 2.45) is 10.9 Å². The van der Waals surface area contributed by atoms with Crippen molar-refractivity contribution in [1.82, 2.24) is 15.1 Å². The van der Waals surface area contributed by atoms with Crippen LogP contribution in [0.15, 0.2) is 17.1 Å². The molecule has 0 aromatic heterocycles. The van der Waals surface area contributed by atoms with Crippen molar-refractivity contribution >= 4 is 35.8 Å². The molecule has 1 N–H and O–H groups in total. The molecule has 2 aliphatic heterocycles. The van der Waals surface area contributed by atoms with Crippen LogP contribution >= 0.6 is 24.0 Å². The Balaban J connectivity index is 0.00000225. The van der Waals surface area contributed by atoms with Crippen molar-refractivity contribution in [3.63, 3.8) is 0 Å². The SMILES string of the molecule is CN=C(NCC1CC=CCC1)N1CCN(C(=O)C2CCCO2)CC1.I. The number of allylic oxidation sites excluding steroid dienone is 2. The van der Waals surface area contributed by atoms with Crippen molar-refractivity contribution < 1.29 is 9.53 Å².